The zero-order valence-electron chi connectivity index (χ0n) is 5.74. The van der Waals surface area contributed by atoms with E-state index in [1.807, 2.05) is 5.32 Å². The van der Waals surface area contributed by atoms with Crippen LogP contribution in [0.1, 0.15) is 6.42 Å². The molecule has 0 spiro atoms. The van der Waals surface area contributed by atoms with E-state index < -0.39 is 18.5 Å². The molecule has 0 atom stereocenters. The first-order chi connectivity index (χ1) is 4.95. The molecule has 0 heterocycles. The second-order valence-electron chi connectivity index (χ2n) is 1.93. The Bertz CT molecular complexity index is 134. The van der Waals surface area contributed by atoms with Gasteiger partial charge in [0.2, 0.25) is 5.91 Å². The lowest BCUT2D eigenvalue weighted by atomic mass is 10.4. The summed E-state index contributed by atoms with van der Waals surface area (Å²) in [5.74, 6) is -1.04. The Labute approximate surface area is 61.7 Å². The minimum absolute atomic E-state index is 0.0783. The van der Waals surface area contributed by atoms with Crippen molar-refractivity contribution in [2.75, 3.05) is 13.1 Å². The number of rotatable bonds is 3. The topological polar surface area (TPSA) is 55.1 Å². The first-order valence-corrected chi connectivity index (χ1v) is 2.99. The Balaban J connectivity index is 3.53. The normalized spacial score (nSPS) is 11.3. The SMILES string of the molecule is NCCNC(=O)CC(F)(F)F. The van der Waals surface area contributed by atoms with Crippen molar-refractivity contribution in [3.05, 3.63) is 0 Å². The number of hydrogen-bond acceptors (Lipinski definition) is 2. The zero-order valence-corrected chi connectivity index (χ0v) is 5.74. The predicted molar refractivity (Wildman–Crippen MR) is 32.7 cm³/mol. The average Bonchev–Trinajstić information content (AvgIpc) is 1.79. The minimum Gasteiger partial charge on any atom is -0.355 e. The van der Waals surface area contributed by atoms with E-state index >= 15 is 0 Å². The molecular formula is C5H9F3N2O. The molecule has 3 nitrogen and oxygen atoms in total. The molecule has 0 aliphatic heterocycles. The van der Waals surface area contributed by atoms with Gasteiger partial charge in [-0.3, -0.25) is 4.79 Å². The van der Waals surface area contributed by atoms with E-state index in [0.29, 0.717) is 0 Å². The first-order valence-electron chi connectivity index (χ1n) is 2.99. The maximum atomic E-state index is 11.4. The fourth-order valence-electron chi connectivity index (χ4n) is 0.456. The molecule has 0 aliphatic carbocycles. The van der Waals surface area contributed by atoms with E-state index in [9.17, 15) is 18.0 Å². The van der Waals surface area contributed by atoms with Crippen molar-refractivity contribution in [1.29, 1.82) is 0 Å². The molecule has 0 fully saturated rings. The molecule has 0 aliphatic rings. The van der Waals surface area contributed by atoms with Gasteiger partial charge in [-0.05, 0) is 0 Å². The fourth-order valence-corrected chi connectivity index (χ4v) is 0.456. The predicted octanol–water partition coefficient (Wildman–Crippen LogP) is 0.0137. The summed E-state index contributed by atoms with van der Waals surface area (Å²) in [5.41, 5.74) is 4.94. The summed E-state index contributed by atoms with van der Waals surface area (Å²) in [6.07, 6.45) is -5.87. The molecular weight excluding hydrogens is 161 g/mol. The summed E-state index contributed by atoms with van der Waals surface area (Å²) in [7, 11) is 0. The number of alkyl halides is 3. The van der Waals surface area contributed by atoms with Gasteiger partial charge in [0.05, 0.1) is 0 Å². The Kier molecular flexibility index (Phi) is 3.88. The Morgan fingerprint density at radius 3 is 2.36 bits per heavy atom. The number of carbonyl (C=O) groups is 1. The van der Waals surface area contributed by atoms with Crippen LogP contribution in [0.5, 0.6) is 0 Å². The number of halogens is 3. The molecule has 6 heteroatoms. The Hall–Kier alpha value is -0.780. The van der Waals surface area contributed by atoms with Crippen molar-refractivity contribution >= 4 is 5.91 Å². The molecule has 0 aromatic carbocycles. The van der Waals surface area contributed by atoms with Gasteiger partial charge in [0.1, 0.15) is 6.42 Å². The lowest BCUT2D eigenvalue weighted by molar-refractivity contribution is -0.153. The Morgan fingerprint density at radius 2 is 2.00 bits per heavy atom. The van der Waals surface area contributed by atoms with Crippen LogP contribution in [0.2, 0.25) is 0 Å². The molecule has 0 rings (SSSR count). The second-order valence-corrected chi connectivity index (χ2v) is 1.93. The highest BCUT2D eigenvalue weighted by Crippen LogP contribution is 2.18. The van der Waals surface area contributed by atoms with E-state index in [4.69, 9.17) is 5.73 Å². The number of amides is 1. The third-order valence-corrected chi connectivity index (χ3v) is 0.828. The van der Waals surface area contributed by atoms with Gasteiger partial charge in [0.15, 0.2) is 0 Å². The van der Waals surface area contributed by atoms with Crippen LogP contribution in [0, 0.1) is 0 Å². The minimum atomic E-state index is -4.43. The molecule has 0 saturated heterocycles. The number of nitrogens with one attached hydrogen (secondary N) is 1. The standard InChI is InChI=1S/C5H9F3N2O/c6-5(7,8)3-4(11)10-2-1-9/h1-3,9H2,(H,10,11). The van der Waals surface area contributed by atoms with Crippen LogP contribution in [0.4, 0.5) is 13.2 Å². The van der Waals surface area contributed by atoms with Crippen LogP contribution in [-0.4, -0.2) is 25.2 Å². The highest BCUT2D eigenvalue weighted by Gasteiger charge is 2.30. The van der Waals surface area contributed by atoms with Crippen LogP contribution in [-0.2, 0) is 4.79 Å². The Morgan fingerprint density at radius 1 is 1.45 bits per heavy atom. The van der Waals surface area contributed by atoms with Crippen molar-refractivity contribution in [1.82, 2.24) is 5.32 Å². The third kappa shape index (κ3) is 7.11. The summed E-state index contributed by atoms with van der Waals surface area (Å²) in [4.78, 5) is 10.3. The van der Waals surface area contributed by atoms with Crippen molar-refractivity contribution in [3.63, 3.8) is 0 Å². The molecule has 11 heavy (non-hydrogen) atoms. The second kappa shape index (κ2) is 4.17. The summed E-state index contributed by atoms with van der Waals surface area (Å²) < 4.78 is 34.3. The van der Waals surface area contributed by atoms with Gasteiger partial charge in [-0.2, -0.15) is 13.2 Å². The van der Waals surface area contributed by atoms with Crippen LogP contribution in [0.15, 0.2) is 0 Å². The fraction of sp³-hybridized carbons (Fsp3) is 0.800. The summed E-state index contributed by atoms with van der Waals surface area (Å²) >= 11 is 0. The monoisotopic (exact) mass is 170 g/mol. The number of nitrogens with two attached hydrogens (primary N) is 1. The maximum Gasteiger partial charge on any atom is 0.397 e. The van der Waals surface area contributed by atoms with Gasteiger partial charge in [-0.25, -0.2) is 0 Å². The van der Waals surface area contributed by atoms with Crippen molar-refractivity contribution in [3.8, 4) is 0 Å². The van der Waals surface area contributed by atoms with Gasteiger partial charge in [0, 0.05) is 13.1 Å². The van der Waals surface area contributed by atoms with Crippen molar-refractivity contribution in [2.24, 2.45) is 5.73 Å². The highest BCUT2D eigenvalue weighted by molar-refractivity contribution is 5.76. The van der Waals surface area contributed by atoms with E-state index in [1.165, 1.54) is 0 Å². The van der Waals surface area contributed by atoms with Gasteiger partial charge in [-0.1, -0.05) is 0 Å². The molecule has 0 bridgehead atoms. The smallest absolute Gasteiger partial charge is 0.355 e. The molecule has 0 aromatic heterocycles. The molecule has 0 aromatic rings. The summed E-state index contributed by atoms with van der Waals surface area (Å²) in [5, 5.41) is 2.00. The lowest BCUT2D eigenvalue weighted by Gasteiger charge is -2.05. The third-order valence-electron chi connectivity index (χ3n) is 0.828. The molecule has 0 saturated carbocycles. The van der Waals surface area contributed by atoms with Crippen LogP contribution in [0.3, 0.4) is 0 Å². The molecule has 0 unspecified atom stereocenters. The van der Waals surface area contributed by atoms with Crippen molar-refractivity contribution in [2.45, 2.75) is 12.6 Å². The van der Waals surface area contributed by atoms with Crippen LogP contribution < -0.4 is 11.1 Å². The molecule has 66 valence electrons. The quantitative estimate of drug-likeness (QED) is 0.627. The van der Waals surface area contributed by atoms with E-state index in [2.05, 4.69) is 0 Å². The average molecular weight is 170 g/mol. The van der Waals surface area contributed by atoms with Gasteiger partial charge < -0.3 is 11.1 Å². The van der Waals surface area contributed by atoms with Gasteiger partial charge in [0.25, 0.3) is 0 Å². The van der Waals surface area contributed by atoms with Gasteiger partial charge in [-0.15, -0.1) is 0 Å². The van der Waals surface area contributed by atoms with Crippen molar-refractivity contribution < 1.29 is 18.0 Å². The summed E-state index contributed by atoms with van der Waals surface area (Å²) in [6.45, 7) is 0.221. The van der Waals surface area contributed by atoms with E-state index in [0.717, 1.165) is 0 Å². The summed E-state index contributed by atoms with van der Waals surface area (Å²) in [6, 6.07) is 0. The maximum absolute atomic E-state index is 11.4. The number of carbonyl (C=O) groups excluding carboxylic acids is 1. The van der Waals surface area contributed by atoms with E-state index in [-0.39, 0.29) is 13.1 Å². The molecule has 1 amide bonds. The molecule has 0 radical (unpaired) electrons. The van der Waals surface area contributed by atoms with Gasteiger partial charge >= 0.3 is 6.18 Å². The lowest BCUT2D eigenvalue weighted by Crippen LogP contribution is -2.32. The zero-order chi connectivity index (χ0) is 8.91. The first kappa shape index (κ1) is 10.2. The van der Waals surface area contributed by atoms with Crippen LogP contribution in [0.25, 0.3) is 0 Å². The molecule has 3 N–H and O–H groups in total. The highest BCUT2D eigenvalue weighted by atomic mass is 19.4. The number of hydrogen-bond donors (Lipinski definition) is 2. The van der Waals surface area contributed by atoms with Crippen LogP contribution >= 0.6 is 0 Å². The van der Waals surface area contributed by atoms with E-state index in [1.54, 1.807) is 0 Å². The largest absolute Gasteiger partial charge is 0.397 e.